The standard InChI is InChI=1S/C17H25NO2/c1-2-3-4-5-6-13-20-17(19)15-9-7-11-16-14(15)10-8-12-18-16/h7,9,11,18H,2-6,8,10,12-13H2,1H3. The van der Waals surface area contributed by atoms with Crippen molar-refractivity contribution in [1.82, 2.24) is 0 Å². The molecule has 1 aromatic carbocycles. The summed E-state index contributed by atoms with van der Waals surface area (Å²) >= 11 is 0. The van der Waals surface area contributed by atoms with Crippen LogP contribution in [-0.4, -0.2) is 19.1 Å². The van der Waals surface area contributed by atoms with Crippen molar-refractivity contribution in [1.29, 1.82) is 0 Å². The van der Waals surface area contributed by atoms with Crippen LogP contribution in [-0.2, 0) is 11.2 Å². The van der Waals surface area contributed by atoms with Gasteiger partial charge in [-0.25, -0.2) is 4.79 Å². The molecule has 0 spiro atoms. The van der Waals surface area contributed by atoms with Crippen molar-refractivity contribution in [2.24, 2.45) is 0 Å². The monoisotopic (exact) mass is 275 g/mol. The molecular formula is C17H25NO2. The first-order chi connectivity index (χ1) is 9.83. The van der Waals surface area contributed by atoms with Gasteiger partial charge in [-0.05, 0) is 37.0 Å². The molecule has 1 N–H and O–H groups in total. The molecule has 0 radical (unpaired) electrons. The summed E-state index contributed by atoms with van der Waals surface area (Å²) in [7, 11) is 0. The van der Waals surface area contributed by atoms with Crippen LogP contribution in [0.15, 0.2) is 18.2 Å². The van der Waals surface area contributed by atoms with Gasteiger partial charge in [-0.15, -0.1) is 0 Å². The van der Waals surface area contributed by atoms with Gasteiger partial charge < -0.3 is 10.1 Å². The minimum atomic E-state index is -0.166. The third-order valence-corrected chi connectivity index (χ3v) is 3.80. The first kappa shape index (κ1) is 14.9. The Bertz CT molecular complexity index is 443. The van der Waals surface area contributed by atoms with E-state index < -0.39 is 0 Å². The van der Waals surface area contributed by atoms with E-state index in [1.54, 1.807) is 0 Å². The highest BCUT2D eigenvalue weighted by atomic mass is 16.5. The Labute approximate surface area is 121 Å². The van der Waals surface area contributed by atoms with Gasteiger partial charge in [0.1, 0.15) is 0 Å². The largest absolute Gasteiger partial charge is 0.462 e. The van der Waals surface area contributed by atoms with Crippen molar-refractivity contribution in [3.05, 3.63) is 29.3 Å². The van der Waals surface area contributed by atoms with Gasteiger partial charge in [-0.2, -0.15) is 0 Å². The molecule has 1 aliphatic heterocycles. The lowest BCUT2D eigenvalue weighted by molar-refractivity contribution is 0.0496. The molecule has 0 aliphatic carbocycles. The van der Waals surface area contributed by atoms with Crippen molar-refractivity contribution < 1.29 is 9.53 Å². The summed E-state index contributed by atoms with van der Waals surface area (Å²) in [5, 5.41) is 3.34. The lowest BCUT2D eigenvalue weighted by Gasteiger charge is -2.20. The van der Waals surface area contributed by atoms with Gasteiger partial charge in [0, 0.05) is 12.2 Å². The summed E-state index contributed by atoms with van der Waals surface area (Å²) < 4.78 is 5.41. The van der Waals surface area contributed by atoms with E-state index in [0.29, 0.717) is 6.61 Å². The molecular weight excluding hydrogens is 250 g/mol. The third kappa shape index (κ3) is 3.99. The molecule has 0 atom stereocenters. The molecule has 2 rings (SSSR count). The lowest BCUT2D eigenvalue weighted by Crippen LogP contribution is -2.17. The van der Waals surface area contributed by atoms with Gasteiger partial charge >= 0.3 is 5.97 Å². The van der Waals surface area contributed by atoms with Gasteiger partial charge in [-0.1, -0.05) is 38.7 Å². The predicted molar refractivity (Wildman–Crippen MR) is 82.3 cm³/mol. The van der Waals surface area contributed by atoms with E-state index in [9.17, 15) is 4.79 Å². The van der Waals surface area contributed by atoms with Crippen molar-refractivity contribution in [3.8, 4) is 0 Å². The zero-order valence-electron chi connectivity index (χ0n) is 12.4. The zero-order chi connectivity index (χ0) is 14.2. The van der Waals surface area contributed by atoms with Crippen LogP contribution in [0, 0.1) is 0 Å². The maximum Gasteiger partial charge on any atom is 0.338 e. The number of nitrogens with one attached hydrogen (secondary N) is 1. The molecule has 0 saturated carbocycles. The minimum absolute atomic E-state index is 0.166. The summed E-state index contributed by atoms with van der Waals surface area (Å²) in [6.45, 7) is 3.73. The molecule has 110 valence electrons. The summed E-state index contributed by atoms with van der Waals surface area (Å²) in [6.07, 6.45) is 7.90. The summed E-state index contributed by atoms with van der Waals surface area (Å²) in [4.78, 5) is 12.2. The van der Waals surface area contributed by atoms with E-state index in [-0.39, 0.29) is 5.97 Å². The van der Waals surface area contributed by atoms with E-state index in [2.05, 4.69) is 12.2 Å². The molecule has 20 heavy (non-hydrogen) atoms. The molecule has 1 aromatic rings. The van der Waals surface area contributed by atoms with Crippen LogP contribution in [0.5, 0.6) is 0 Å². The Morgan fingerprint density at radius 2 is 2.10 bits per heavy atom. The number of hydrogen-bond acceptors (Lipinski definition) is 3. The Kier molecular flexibility index (Phi) is 5.90. The molecule has 0 bridgehead atoms. The maximum atomic E-state index is 12.2. The fraction of sp³-hybridized carbons (Fsp3) is 0.588. The van der Waals surface area contributed by atoms with E-state index >= 15 is 0 Å². The smallest absolute Gasteiger partial charge is 0.338 e. The Hall–Kier alpha value is -1.51. The van der Waals surface area contributed by atoms with Crippen LogP contribution < -0.4 is 5.32 Å². The summed E-state index contributed by atoms with van der Waals surface area (Å²) in [6, 6.07) is 5.84. The molecule has 0 saturated heterocycles. The quantitative estimate of drug-likeness (QED) is 0.599. The Balaban J connectivity index is 1.83. The van der Waals surface area contributed by atoms with Crippen molar-refractivity contribution >= 4 is 11.7 Å². The number of esters is 1. The number of ether oxygens (including phenoxy) is 1. The van der Waals surface area contributed by atoms with Crippen LogP contribution in [0.25, 0.3) is 0 Å². The average Bonchev–Trinajstić information content (AvgIpc) is 2.50. The van der Waals surface area contributed by atoms with Gasteiger partial charge in [0.25, 0.3) is 0 Å². The molecule has 0 fully saturated rings. The molecule has 1 aliphatic rings. The second-order valence-electron chi connectivity index (χ2n) is 5.41. The topological polar surface area (TPSA) is 38.3 Å². The molecule has 1 heterocycles. The van der Waals surface area contributed by atoms with Crippen LogP contribution in [0.2, 0.25) is 0 Å². The highest BCUT2D eigenvalue weighted by molar-refractivity contribution is 5.93. The number of carbonyl (C=O) groups excluding carboxylic acids is 1. The number of rotatable bonds is 7. The van der Waals surface area contributed by atoms with E-state index in [0.717, 1.165) is 49.0 Å². The van der Waals surface area contributed by atoms with E-state index in [1.807, 2.05) is 18.2 Å². The number of hydrogen-bond donors (Lipinski definition) is 1. The second kappa shape index (κ2) is 7.93. The van der Waals surface area contributed by atoms with Gasteiger partial charge in [0.05, 0.1) is 12.2 Å². The number of benzene rings is 1. The van der Waals surface area contributed by atoms with Gasteiger partial charge in [0.2, 0.25) is 0 Å². The van der Waals surface area contributed by atoms with Gasteiger partial charge in [-0.3, -0.25) is 0 Å². The molecule has 3 heteroatoms. The fourth-order valence-corrected chi connectivity index (χ4v) is 2.65. The summed E-state index contributed by atoms with van der Waals surface area (Å²) in [5.74, 6) is -0.166. The average molecular weight is 275 g/mol. The Morgan fingerprint density at radius 1 is 1.25 bits per heavy atom. The van der Waals surface area contributed by atoms with Crippen molar-refractivity contribution in [2.75, 3.05) is 18.5 Å². The third-order valence-electron chi connectivity index (χ3n) is 3.80. The molecule has 3 nitrogen and oxygen atoms in total. The van der Waals surface area contributed by atoms with Gasteiger partial charge in [0.15, 0.2) is 0 Å². The molecule has 0 amide bonds. The Morgan fingerprint density at radius 3 is 2.95 bits per heavy atom. The first-order valence-corrected chi connectivity index (χ1v) is 7.86. The molecule has 0 aromatic heterocycles. The normalized spacial score (nSPS) is 13.4. The highest BCUT2D eigenvalue weighted by Crippen LogP contribution is 2.25. The SMILES string of the molecule is CCCCCCCOC(=O)c1cccc2c1CCCN2. The first-order valence-electron chi connectivity index (χ1n) is 7.86. The van der Waals surface area contributed by atoms with E-state index in [4.69, 9.17) is 4.74 Å². The predicted octanol–water partition coefficient (Wildman–Crippen LogP) is 4.17. The van der Waals surface area contributed by atoms with Crippen LogP contribution in [0.3, 0.4) is 0 Å². The number of carbonyl (C=O) groups is 1. The molecule has 0 unspecified atom stereocenters. The number of fused-ring (bicyclic) bond motifs is 1. The zero-order valence-corrected chi connectivity index (χ0v) is 12.4. The fourth-order valence-electron chi connectivity index (χ4n) is 2.65. The number of unbranched alkanes of at least 4 members (excludes halogenated alkanes) is 4. The second-order valence-corrected chi connectivity index (χ2v) is 5.41. The van der Waals surface area contributed by atoms with Crippen LogP contribution >= 0.6 is 0 Å². The minimum Gasteiger partial charge on any atom is -0.462 e. The maximum absolute atomic E-state index is 12.2. The summed E-state index contributed by atoms with van der Waals surface area (Å²) in [5.41, 5.74) is 2.95. The number of anilines is 1. The van der Waals surface area contributed by atoms with E-state index in [1.165, 1.54) is 19.3 Å². The van der Waals surface area contributed by atoms with Crippen LogP contribution in [0.4, 0.5) is 5.69 Å². The van der Waals surface area contributed by atoms with Crippen molar-refractivity contribution in [3.63, 3.8) is 0 Å². The highest BCUT2D eigenvalue weighted by Gasteiger charge is 2.18. The van der Waals surface area contributed by atoms with Crippen LogP contribution in [0.1, 0.15) is 61.4 Å². The lowest BCUT2D eigenvalue weighted by atomic mass is 9.98. The van der Waals surface area contributed by atoms with Crippen molar-refractivity contribution in [2.45, 2.75) is 51.9 Å².